The smallest absolute Gasteiger partial charge is 0.330 e. The molecule has 0 radical (unpaired) electrons. The van der Waals surface area contributed by atoms with Gasteiger partial charge in [-0.15, -0.1) is 5.06 Å². The van der Waals surface area contributed by atoms with Crippen LogP contribution in [0.3, 0.4) is 0 Å². The molecule has 2 aromatic rings. The van der Waals surface area contributed by atoms with Crippen LogP contribution in [0.1, 0.15) is 13.8 Å². The zero-order valence-corrected chi connectivity index (χ0v) is 12.8. The highest BCUT2D eigenvalue weighted by atomic mass is 35.5. The van der Waals surface area contributed by atoms with Crippen molar-refractivity contribution in [1.29, 1.82) is 0 Å². The highest BCUT2D eigenvalue weighted by Crippen LogP contribution is 2.25. The van der Waals surface area contributed by atoms with Gasteiger partial charge in [-0.2, -0.15) is 0 Å². The third kappa shape index (κ3) is 4.23. The van der Waals surface area contributed by atoms with Gasteiger partial charge in [-0.25, -0.2) is 4.79 Å². The fourth-order valence-electron chi connectivity index (χ4n) is 1.72. The monoisotopic (exact) mass is 319 g/mol. The standard InChI is InChI=1S/C16H14ClNO4/c1-11(19)18(22-12(2)20)14-5-9-16(10-6-14)21-15-7-3-13(17)4-8-15/h3-10H,1-2H3. The Bertz CT molecular complexity index is 668. The Morgan fingerprint density at radius 2 is 1.41 bits per heavy atom. The van der Waals surface area contributed by atoms with Gasteiger partial charge in [-0.3, -0.25) is 4.79 Å². The largest absolute Gasteiger partial charge is 0.457 e. The second-order valence-corrected chi connectivity index (χ2v) is 4.88. The molecule has 0 saturated heterocycles. The van der Waals surface area contributed by atoms with Crippen molar-refractivity contribution in [3.8, 4) is 11.5 Å². The Kier molecular flexibility index (Phi) is 5.01. The maximum absolute atomic E-state index is 11.5. The van der Waals surface area contributed by atoms with E-state index in [1.165, 1.54) is 13.8 Å². The number of carbonyl (C=O) groups excluding carboxylic acids is 2. The SMILES string of the molecule is CC(=O)ON(C(C)=O)c1ccc(Oc2ccc(Cl)cc2)cc1. The van der Waals surface area contributed by atoms with Gasteiger partial charge in [-0.05, 0) is 48.5 Å². The van der Waals surface area contributed by atoms with Crippen LogP contribution in [0.4, 0.5) is 5.69 Å². The van der Waals surface area contributed by atoms with Crippen molar-refractivity contribution in [2.75, 3.05) is 5.06 Å². The van der Waals surface area contributed by atoms with E-state index in [0.29, 0.717) is 22.2 Å². The van der Waals surface area contributed by atoms with Gasteiger partial charge in [0, 0.05) is 18.9 Å². The summed E-state index contributed by atoms with van der Waals surface area (Å²) in [5.74, 6) is 0.246. The highest BCUT2D eigenvalue weighted by Gasteiger charge is 2.15. The van der Waals surface area contributed by atoms with Crippen LogP contribution in [0, 0.1) is 0 Å². The topological polar surface area (TPSA) is 55.8 Å². The molecular weight excluding hydrogens is 306 g/mol. The number of ether oxygens (including phenoxy) is 1. The molecule has 0 spiro atoms. The third-order valence-corrected chi connectivity index (χ3v) is 2.88. The fourth-order valence-corrected chi connectivity index (χ4v) is 1.84. The number of carbonyl (C=O) groups is 2. The molecule has 0 unspecified atom stereocenters. The Morgan fingerprint density at radius 3 is 1.86 bits per heavy atom. The predicted octanol–water partition coefficient (Wildman–Crippen LogP) is 3.96. The number of anilines is 1. The lowest BCUT2D eigenvalue weighted by molar-refractivity contribution is -0.147. The number of benzene rings is 2. The lowest BCUT2D eigenvalue weighted by Gasteiger charge is -2.18. The van der Waals surface area contributed by atoms with E-state index in [9.17, 15) is 9.59 Å². The van der Waals surface area contributed by atoms with Crippen molar-refractivity contribution >= 4 is 29.2 Å². The van der Waals surface area contributed by atoms with Gasteiger partial charge in [0.05, 0.1) is 5.69 Å². The summed E-state index contributed by atoms with van der Waals surface area (Å²) in [5, 5.41) is 1.55. The summed E-state index contributed by atoms with van der Waals surface area (Å²) in [5.41, 5.74) is 0.436. The molecule has 5 nitrogen and oxygen atoms in total. The summed E-state index contributed by atoms with van der Waals surface area (Å²) in [4.78, 5) is 27.4. The first-order valence-corrected chi connectivity index (χ1v) is 6.86. The summed E-state index contributed by atoms with van der Waals surface area (Å²) in [6.07, 6.45) is 0. The number of halogens is 1. The molecule has 0 bridgehead atoms. The van der Waals surface area contributed by atoms with Gasteiger partial charge < -0.3 is 9.57 Å². The first-order chi connectivity index (χ1) is 10.5. The Hall–Kier alpha value is -2.53. The minimum Gasteiger partial charge on any atom is -0.457 e. The van der Waals surface area contributed by atoms with Crippen LogP contribution in [0.2, 0.25) is 5.02 Å². The number of rotatable bonds is 3. The minimum atomic E-state index is -0.573. The highest BCUT2D eigenvalue weighted by molar-refractivity contribution is 6.30. The van der Waals surface area contributed by atoms with Crippen LogP contribution in [-0.4, -0.2) is 11.9 Å². The summed E-state index contributed by atoms with van der Waals surface area (Å²) in [6.45, 7) is 2.54. The lowest BCUT2D eigenvalue weighted by Crippen LogP contribution is -2.30. The molecule has 0 aromatic heterocycles. The van der Waals surface area contributed by atoms with Crippen molar-refractivity contribution in [2.45, 2.75) is 13.8 Å². The average Bonchev–Trinajstić information content (AvgIpc) is 2.48. The maximum Gasteiger partial charge on any atom is 0.330 e. The maximum atomic E-state index is 11.5. The molecule has 22 heavy (non-hydrogen) atoms. The third-order valence-electron chi connectivity index (χ3n) is 2.63. The van der Waals surface area contributed by atoms with Crippen LogP contribution in [-0.2, 0) is 14.4 Å². The molecule has 114 valence electrons. The van der Waals surface area contributed by atoms with Gasteiger partial charge >= 0.3 is 5.97 Å². The van der Waals surface area contributed by atoms with Crippen molar-refractivity contribution in [3.63, 3.8) is 0 Å². The molecule has 0 fully saturated rings. The summed E-state index contributed by atoms with van der Waals surface area (Å²) >= 11 is 5.81. The summed E-state index contributed by atoms with van der Waals surface area (Å²) < 4.78 is 5.64. The molecule has 0 heterocycles. The first kappa shape index (κ1) is 15.9. The summed E-state index contributed by atoms with van der Waals surface area (Å²) in [7, 11) is 0. The quantitative estimate of drug-likeness (QED) is 0.803. The van der Waals surface area contributed by atoms with E-state index >= 15 is 0 Å². The molecule has 2 rings (SSSR count). The van der Waals surface area contributed by atoms with Crippen LogP contribution in [0.15, 0.2) is 48.5 Å². The molecule has 0 aliphatic heterocycles. The molecule has 0 aliphatic carbocycles. The van der Waals surface area contributed by atoms with Crippen molar-refractivity contribution in [3.05, 3.63) is 53.6 Å². The van der Waals surface area contributed by atoms with E-state index in [1.54, 1.807) is 48.5 Å². The summed E-state index contributed by atoms with van der Waals surface area (Å²) in [6, 6.07) is 13.5. The van der Waals surface area contributed by atoms with Crippen molar-refractivity contribution in [2.24, 2.45) is 0 Å². The lowest BCUT2D eigenvalue weighted by atomic mass is 10.3. The van der Waals surface area contributed by atoms with Gasteiger partial charge in [0.25, 0.3) is 5.91 Å². The average molecular weight is 320 g/mol. The number of hydrogen-bond donors (Lipinski definition) is 0. The second kappa shape index (κ2) is 6.95. The van der Waals surface area contributed by atoms with Crippen molar-refractivity contribution in [1.82, 2.24) is 0 Å². The molecule has 2 aromatic carbocycles. The van der Waals surface area contributed by atoms with Gasteiger partial charge in [0.15, 0.2) is 0 Å². The van der Waals surface area contributed by atoms with Gasteiger partial charge in [0.1, 0.15) is 11.5 Å². The van der Waals surface area contributed by atoms with E-state index in [-0.39, 0.29) is 0 Å². The second-order valence-electron chi connectivity index (χ2n) is 4.45. The van der Waals surface area contributed by atoms with E-state index in [2.05, 4.69) is 0 Å². The predicted molar refractivity (Wildman–Crippen MR) is 82.9 cm³/mol. The van der Waals surface area contributed by atoms with E-state index in [0.717, 1.165) is 5.06 Å². The van der Waals surface area contributed by atoms with Crippen LogP contribution < -0.4 is 9.80 Å². The van der Waals surface area contributed by atoms with Crippen LogP contribution >= 0.6 is 11.6 Å². The van der Waals surface area contributed by atoms with Crippen LogP contribution in [0.25, 0.3) is 0 Å². The zero-order valence-electron chi connectivity index (χ0n) is 12.1. The molecule has 0 atom stereocenters. The number of hydrogen-bond acceptors (Lipinski definition) is 4. The molecule has 0 saturated carbocycles. The Balaban J connectivity index is 2.13. The Labute approximate surface area is 133 Å². The molecule has 1 amide bonds. The molecule has 0 N–H and O–H groups in total. The number of hydroxylamine groups is 1. The molecule has 6 heteroatoms. The normalized spacial score (nSPS) is 9.95. The first-order valence-electron chi connectivity index (χ1n) is 6.48. The van der Waals surface area contributed by atoms with E-state index in [1.807, 2.05) is 0 Å². The Morgan fingerprint density at radius 1 is 0.909 bits per heavy atom. The number of amides is 1. The van der Waals surface area contributed by atoms with E-state index in [4.69, 9.17) is 21.2 Å². The number of nitrogens with zero attached hydrogens (tertiary/aromatic N) is 1. The van der Waals surface area contributed by atoms with Crippen LogP contribution in [0.5, 0.6) is 11.5 Å². The minimum absolute atomic E-state index is 0.401. The van der Waals surface area contributed by atoms with Gasteiger partial charge in [0.2, 0.25) is 0 Å². The fraction of sp³-hybridized carbons (Fsp3) is 0.125. The molecular formula is C16H14ClNO4. The van der Waals surface area contributed by atoms with Gasteiger partial charge in [-0.1, -0.05) is 11.6 Å². The van der Waals surface area contributed by atoms with E-state index < -0.39 is 11.9 Å². The zero-order chi connectivity index (χ0) is 16.1. The van der Waals surface area contributed by atoms with Crippen molar-refractivity contribution < 1.29 is 19.2 Å². The molecule has 0 aliphatic rings.